The molecule has 0 aliphatic carbocycles. The second-order valence-corrected chi connectivity index (χ2v) is 5.08. The van der Waals surface area contributed by atoms with Crippen molar-refractivity contribution >= 4 is 17.2 Å². The molecule has 1 saturated heterocycles. The Morgan fingerprint density at radius 2 is 2.39 bits per heavy atom. The highest BCUT2D eigenvalue weighted by Crippen LogP contribution is 2.33. The fourth-order valence-corrected chi connectivity index (χ4v) is 3.08. The van der Waals surface area contributed by atoms with Crippen molar-refractivity contribution in [1.82, 2.24) is 14.9 Å². The van der Waals surface area contributed by atoms with Gasteiger partial charge in [-0.15, -0.1) is 0 Å². The Bertz CT molecular complexity index is 526. The smallest absolute Gasteiger partial charge is 0.274 e. The van der Waals surface area contributed by atoms with Crippen molar-refractivity contribution in [2.45, 2.75) is 18.9 Å². The maximum atomic E-state index is 12.4. The maximum Gasteiger partial charge on any atom is 0.274 e. The second kappa shape index (κ2) is 4.86. The zero-order valence-corrected chi connectivity index (χ0v) is 10.6. The van der Waals surface area contributed by atoms with E-state index in [2.05, 4.69) is 26.8 Å². The number of nitrogens with zero attached hydrogens (tertiary/aromatic N) is 3. The molecule has 2 aromatic heterocycles. The number of carbonyl (C=O) groups excluding carboxylic acids is 1. The molecule has 92 valence electrons. The van der Waals surface area contributed by atoms with E-state index >= 15 is 0 Å². The van der Waals surface area contributed by atoms with Gasteiger partial charge in [0.1, 0.15) is 5.69 Å². The van der Waals surface area contributed by atoms with Gasteiger partial charge in [-0.05, 0) is 35.2 Å². The van der Waals surface area contributed by atoms with E-state index < -0.39 is 0 Å². The summed E-state index contributed by atoms with van der Waals surface area (Å²) in [7, 11) is 0. The highest BCUT2D eigenvalue weighted by Gasteiger charge is 2.31. The number of rotatable bonds is 2. The summed E-state index contributed by atoms with van der Waals surface area (Å²) in [6.07, 6.45) is 6.75. The standard InChI is InChI=1S/C13H13N3OS/c17-13(11-8-14-4-5-15-11)16-6-1-2-12(16)10-3-7-18-9-10/h3-5,7-9,12H,1-2,6H2/t12-/m0/s1. The van der Waals surface area contributed by atoms with Crippen LogP contribution in [0.25, 0.3) is 0 Å². The second-order valence-electron chi connectivity index (χ2n) is 4.30. The molecule has 0 spiro atoms. The predicted molar refractivity (Wildman–Crippen MR) is 69.4 cm³/mol. The molecular weight excluding hydrogens is 246 g/mol. The van der Waals surface area contributed by atoms with Crippen LogP contribution in [0.3, 0.4) is 0 Å². The van der Waals surface area contributed by atoms with Gasteiger partial charge in [-0.1, -0.05) is 0 Å². The SMILES string of the molecule is O=C(c1cnccn1)N1CCC[C@H]1c1ccsc1. The number of hydrogen-bond acceptors (Lipinski definition) is 4. The Labute approximate surface area is 109 Å². The minimum Gasteiger partial charge on any atom is -0.330 e. The van der Waals surface area contributed by atoms with Crippen molar-refractivity contribution in [3.63, 3.8) is 0 Å². The number of hydrogen-bond donors (Lipinski definition) is 0. The van der Waals surface area contributed by atoms with Crippen LogP contribution < -0.4 is 0 Å². The molecule has 18 heavy (non-hydrogen) atoms. The largest absolute Gasteiger partial charge is 0.330 e. The summed E-state index contributed by atoms with van der Waals surface area (Å²) in [5.74, 6) is -0.0169. The van der Waals surface area contributed by atoms with Crippen LogP contribution in [0.5, 0.6) is 0 Å². The summed E-state index contributed by atoms with van der Waals surface area (Å²) in [4.78, 5) is 22.3. The van der Waals surface area contributed by atoms with Crippen LogP contribution in [0.15, 0.2) is 35.4 Å². The van der Waals surface area contributed by atoms with Crippen LogP contribution >= 0.6 is 11.3 Å². The van der Waals surface area contributed by atoms with Crippen molar-refractivity contribution in [2.75, 3.05) is 6.54 Å². The molecule has 0 bridgehead atoms. The zero-order valence-electron chi connectivity index (χ0n) is 9.82. The molecule has 3 rings (SSSR count). The van der Waals surface area contributed by atoms with Crippen LogP contribution in [0, 0.1) is 0 Å². The molecule has 0 N–H and O–H groups in total. The van der Waals surface area contributed by atoms with E-state index in [0.29, 0.717) is 5.69 Å². The lowest BCUT2D eigenvalue weighted by Crippen LogP contribution is -2.31. The minimum absolute atomic E-state index is 0.0169. The van der Waals surface area contributed by atoms with Gasteiger partial charge in [0.25, 0.3) is 5.91 Å². The normalized spacial score (nSPS) is 19.1. The topological polar surface area (TPSA) is 46.1 Å². The Morgan fingerprint density at radius 1 is 1.44 bits per heavy atom. The van der Waals surface area contributed by atoms with Gasteiger partial charge in [0.05, 0.1) is 12.2 Å². The molecule has 1 aliphatic rings. The Hall–Kier alpha value is -1.75. The monoisotopic (exact) mass is 259 g/mol. The van der Waals surface area contributed by atoms with E-state index in [1.165, 1.54) is 11.8 Å². The van der Waals surface area contributed by atoms with Crippen molar-refractivity contribution in [2.24, 2.45) is 0 Å². The number of aromatic nitrogens is 2. The van der Waals surface area contributed by atoms with Gasteiger partial charge in [0.15, 0.2) is 0 Å². The average Bonchev–Trinajstić information content (AvgIpc) is 3.09. The molecule has 3 heterocycles. The zero-order chi connectivity index (χ0) is 12.4. The van der Waals surface area contributed by atoms with Gasteiger partial charge >= 0.3 is 0 Å². The first-order valence-electron chi connectivity index (χ1n) is 5.95. The average molecular weight is 259 g/mol. The van der Waals surface area contributed by atoms with Gasteiger partial charge in [0.2, 0.25) is 0 Å². The van der Waals surface area contributed by atoms with Gasteiger partial charge in [-0.2, -0.15) is 11.3 Å². The number of amides is 1. The Balaban J connectivity index is 1.85. The molecule has 2 aromatic rings. The molecule has 4 nitrogen and oxygen atoms in total. The molecule has 1 amide bonds. The van der Waals surface area contributed by atoms with Crippen LogP contribution in [0.4, 0.5) is 0 Å². The molecular formula is C13H13N3OS. The van der Waals surface area contributed by atoms with E-state index in [4.69, 9.17) is 0 Å². The lowest BCUT2D eigenvalue weighted by Gasteiger charge is -2.23. The molecule has 0 saturated carbocycles. The van der Waals surface area contributed by atoms with Crippen LogP contribution in [-0.4, -0.2) is 27.3 Å². The lowest BCUT2D eigenvalue weighted by molar-refractivity contribution is 0.0729. The lowest BCUT2D eigenvalue weighted by atomic mass is 10.1. The summed E-state index contributed by atoms with van der Waals surface area (Å²) < 4.78 is 0. The van der Waals surface area contributed by atoms with Crippen molar-refractivity contribution in [3.8, 4) is 0 Å². The van der Waals surface area contributed by atoms with E-state index in [1.54, 1.807) is 23.7 Å². The van der Waals surface area contributed by atoms with Crippen molar-refractivity contribution in [3.05, 3.63) is 46.7 Å². The molecule has 0 radical (unpaired) electrons. The minimum atomic E-state index is -0.0169. The number of thiophene rings is 1. The van der Waals surface area contributed by atoms with Crippen LogP contribution in [0.2, 0.25) is 0 Å². The fourth-order valence-electron chi connectivity index (χ4n) is 2.38. The predicted octanol–water partition coefficient (Wildman–Crippen LogP) is 2.52. The van der Waals surface area contributed by atoms with E-state index in [0.717, 1.165) is 19.4 Å². The molecule has 1 atom stereocenters. The van der Waals surface area contributed by atoms with Gasteiger partial charge in [0, 0.05) is 18.9 Å². The fraction of sp³-hybridized carbons (Fsp3) is 0.308. The Morgan fingerprint density at radius 3 is 3.11 bits per heavy atom. The third-order valence-electron chi connectivity index (χ3n) is 3.22. The maximum absolute atomic E-state index is 12.4. The third-order valence-corrected chi connectivity index (χ3v) is 3.93. The van der Waals surface area contributed by atoms with Crippen LogP contribution in [0.1, 0.15) is 34.9 Å². The molecule has 1 fully saturated rings. The molecule has 1 aliphatic heterocycles. The first-order valence-corrected chi connectivity index (χ1v) is 6.89. The first kappa shape index (κ1) is 11.3. The van der Waals surface area contributed by atoms with E-state index in [9.17, 15) is 4.79 Å². The summed E-state index contributed by atoms with van der Waals surface area (Å²) >= 11 is 1.67. The molecule has 0 aromatic carbocycles. The number of carbonyl (C=O) groups is 1. The first-order chi connectivity index (χ1) is 8.86. The highest BCUT2D eigenvalue weighted by molar-refractivity contribution is 7.07. The van der Waals surface area contributed by atoms with Gasteiger partial charge in [-0.3, -0.25) is 9.78 Å². The quantitative estimate of drug-likeness (QED) is 0.832. The van der Waals surface area contributed by atoms with E-state index in [1.807, 2.05) is 4.90 Å². The van der Waals surface area contributed by atoms with Gasteiger partial charge in [-0.25, -0.2) is 4.98 Å². The summed E-state index contributed by atoms with van der Waals surface area (Å²) in [6.45, 7) is 0.802. The van der Waals surface area contributed by atoms with Crippen molar-refractivity contribution in [1.29, 1.82) is 0 Å². The molecule has 5 heteroatoms. The van der Waals surface area contributed by atoms with E-state index in [-0.39, 0.29) is 11.9 Å². The van der Waals surface area contributed by atoms with Crippen molar-refractivity contribution < 1.29 is 4.79 Å². The summed E-state index contributed by atoms with van der Waals surface area (Å²) in [5, 5.41) is 4.17. The van der Waals surface area contributed by atoms with Gasteiger partial charge < -0.3 is 4.90 Å². The summed E-state index contributed by atoms with van der Waals surface area (Å²) in [6, 6.07) is 2.29. The summed E-state index contributed by atoms with van der Waals surface area (Å²) in [5.41, 5.74) is 1.66. The third kappa shape index (κ3) is 2.01. The Kier molecular flexibility index (Phi) is 3.06. The highest BCUT2D eigenvalue weighted by atomic mass is 32.1. The number of likely N-dealkylation sites (tertiary alicyclic amines) is 1. The molecule has 0 unspecified atom stereocenters. The van der Waals surface area contributed by atoms with Crippen LogP contribution in [-0.2, 0) is 0 Å².